The maximum Gasteiger partial charge on any atom is 0.0594 e. The van der Waals surface area contributed by atoms with Gasteiger partial charge in [0.2, 0.25) is 0 Å². The fourth-order valence-corrected chi connectivity index (χ4v) is 3.32. The second-order valence-electron chi connectivity index (χ2n) is 4.71. The second kappa shape index (κ2) is 6.12. The van der Waals surface area contributed by atoms with Crippen molar-refractivity contribution in [3.8, 4) is 0 Å². The standard InChI is InChI=1S/C18H16OS/c19-13-18(15-7-2-1-3-8-15)20-17-11-10-14-6-4-5-9-16(14)12-17/h1-12,18-19H,13H2. The van der Waals surface area contributed by atoms with Crippen LogP contribution in [0.15, 0.2) is 77.7 Å². The Morgan fingerprint density at radius 2 is 1.50 bits per heavy atom. The summed E-state index contributed by atoms with van der Waals surface area (Å²) in [6.45, 7) is 0.140. The van der Waals surface area contributed by atoms with Crippen LogP contribution in [0.25, 0.3) is 10.8 Å². The van der Waals surface area contributed by atoms with Gasteiger partial charge in [0.05, 0.1) is 11.9 Å². The highest BCUT2D eigenvalue weighted by Crippen LogP contribution is 2.35. The molecule has 1 atom stereocenters. The van der Waals surface area contributed by atoms with Gasteiger partial charge >= 0.3 is 0 Å². The van der Waals surface area contributed by atoms with E-state index < -0.39 is 0 Å². The summed E-state index contributed by atoms with van der Waals surface area (Å²) >= 11 is 1.71. The van der Waals surface area contributed by atoms with Crippen molar-refractivity contribution < 1.29 is 5.11 Å². The molecular weight excluding hydrogens is 264 g/mol. The minimum atomic E-state index is 0.0809. The zero-order valence-electron chi connectivity index (χ0n) is 11.1. The lowest BCUT2D eigenvalue weighted by Gasteiger charge is -2.14. The molecule has 3 rings (SSSR count). The van der Waals surface area contributed by atoms with Gasteiger partial charge in [0.25, 0.3) is 0 Å². The monoisotopic (exact) mass is 280 g/mol. The molecule has 1 unspecified atom stereocenters. The number of hydrogen-bond donors (Lipinski definition) is 1. The third kappa shape index (κ3) is 2.87. The van der Waals surface area contributed by atoms with E-state index in [4.69, 9.17) is 0 Å². The molecule has 3 aromatic rings. The lowest BCUT2D eigenvalue weighted by atomic mass is 10.1. The van der Waals surface area contributed by atoms with E-state index in [2.05, 4.69) is 54.6 Å². The predicted octanol–water partition coefficient (Wildman–Crippen LogP) is 4.67. The van der Waals surface area contributed by atoms with Crippen LogP contribution >= 0.6 is 11.8 Å². The third-order valence-corrected chi connectivity index (χ3v) is 4.57. The van der Waals surface area contributed by atoms with Gasteiger partial charge in [-0.1, -0.05) is 60.7 Å². The average Bonchev–Trinajstić information content (AvgIpc) is 2.53. The highest BCUT2D eigenvalue weighted by Gasteiger charge is 2.11. The van der Waals surface area contributed by atoms with E-state index in [1.807, 2.05) is 18.2 Å². The van der Waals surface area contributed by atoms with Gasteiger partial charge in [-0.05, 0) is 28.5 Å². The van der Waals surface area contributed by atoms with Gasteiger partial charge in [0.1, 0.15) is 0 Å². The van der Waals surface area contributed by atoms with Crippen LogP contribution in [0.2, 0.25) is 0 Å². The van der Waals surface area contributed by atoms with Crippen molar-refractivity contribution in [3.05, 3.63) is 78.4 Å². The largest absolute Gasteiger partial charge is 0.395 e. The Morgan fingerprint density at radius 3 is 2.25 bits per heavy atom. The molecule has 0 aliphatic heterocycles. The molecule has 2 heteroatoms. The Balaban J connectivity index is 1.87. The molecule has 3 aromatic carbocycles. The number of hydrogen-bond acceptors (Lipinski definition) is 2. The number of aliphatic hydroxyl groups is 1. The van der Waals surface area contributed by atoms with Crippen LogP contribution < -0.4 is 0 Å². The summed E-state index contributed by atoms with van der Waals surface area (Å²) in [5.41, 5.74) is 1.16. The van der Waals surface area contributed by atoms with Crippen LogP contribution in [-0.4, -0.2) is 11.7 Å². The van der Waals surface area contributed by atoms with Crippen LogP contribution in [-0.2, 0) is 0 Å². The first-order valence-corrected chi connectivity index (χ1v) is 7.56. The van der Waals surface area contributed by atoms with Gasteiger partial charge in [-0.2, -0.15) is 0 Å². The maximum atomic E-state index is 9.63. The second-order valence-corrected chi connectivity index (χ2v) is 5.98. The lowest BCUT2D eigenvalue weighted by molar-refractivity contribution is 0.296. The van der Waals surface area contributed by atoms with Crippen LogP contribution in [0.5, 0.6) is 0 Å². The van der Waals surface area contributed by atoms with Gasteiger partial charge in [-0.15, -0.1) is 11.8 Å². The SMILES string of the molecule is OCC(Sc1ccc2ccccc2c1)c1ccccc1. The first-order valence-electron chi connectivity index (χ1n) is 6.68. The maximum absolute atomic E-state index is 9.63. The third-order valence-electron chi connectivity index (χ3n) is 3.34. The summed E-state index contributed by atoms with van der Waals surface area (Å²) in [4.78, 5) is 1.19. The molecule has 0 aromatic heterocycles. The highest BCUT2D eigenvalue weighted by atomic mass is 32.2. The molecule has 0 radical (unpaired) electrons. The van der Waals surface area contributed by atoms with E-state index in [0.29, 0.717) is 0 Å². The normalized spacial score (nSPS) is 12.4. The molecule has 0 spiro atoms. The molecule has 0 amide bonds. The van der Waals surface area contributed by atoms with E-state index in [1.54, 1.807) is 11.8 Å². The molecule has 0 fully saturated rings. The smallest absolute Gasteiger partial charge is 0.0594 e. The summed E-state index contributed by atoms with van der Waals surface area (Å²) in [5, 5.41) is 12.2. The van der Waals surface area contributed by atoms with Crippen molar-refractivity contribution in [2.45, 2.75) is 10.1 Å². The average molecular weight is 280 g/mol. The first-order chi connectivity index (χ1) is 9.86. The molecule has 0 saturated heterocycles. The molecule has 0 bridgehead atoms. The molecule has 1 nitrogen and oxygen atoms in total. The Kier molecular flexibility index (Phi) is 4.05. The molecule has 0 heterocycles. The van der Waals surface area contributed by atoms with Crippen LogP contribution in [0.4, 0.5) is 0 Å². The number of rotatable bonds is 4. The Hall–Kier alpha value is -1.77. The Morgan fingerprint density at radius 1 is 0.800 bits per heavy atom. The highest BCUT2D eigenvalue weighted by molar-refractivity contribution is 7.99. The fraction of sp³-hybridized carbons (Fsp3) is 0.111. The van der Waals surface area contributed by atoms with E-state index in [9.17, 15) is 5.11 Å². The van der Waals surface area contributed by atoms with Crippen molar-refractivity contribution in [1.29, 1.82) is 0 Å². The minimum Gasteiger partial charge on any atom is -0.395 e. The van der Waals surface area contributed by atoms with Crippen molar-refractivity contribution >= 4 is 22.5 Å². The number of fused-ring (bicyclic) bond motifs is 1. The van der Waals surface area contributed by atoms with Gasteiger partial charge in [0.15, 0.2) is 0 Å². The molecule has 100 valence electrons. The zero-order valence-corrected chi connectivity index (χ0v) is 11.9. The van der Waals surface area contributed by atoms with Crippen molar-refractivity contribution in [1.82, 2.24) is 0 Å². The number of thioether (sulfide) groups is 1. The van der Waals surface area contributed by atoms with E-state index in [0.717, 1.165) is 5.56 Å². The van der Waals surface area contributed by atoms with Crippen molar-refractivity contribution in [2.75, 3.05) is 6.61 Å². The summed E-state index contributed by atoms with van der Waals surface area (Å²) in [5.74, 6) is 0. The molecular formula is C18H16OS. The Bertz CT molecular complexity index is 694. The first kappa shape index (κ1) is 13.2. The lowest BCUT2D eigenvalue weighted by Crippen LogP contribution is -1.99. The van der Waals surface area contributed by atoms with E-state index in [-0.39, 0.29) is 11.9 Å². The van der Waals surface area contributed by atoms with E-state index >= 15 is 0 Å². The summed E-state index contributed by atoms with van der Waals surface area (Å²) in [6, 6.07) is 24.9. The van der Waals surface area contributed by atoms with Crippen LogP contribution in [0, 0.1) is 0 Å². The molecule has 1 N–H and O–H groups in total. The fourth-order valence-electron chi connectivity index (χ4n) is 2.28. The summed E-state index contributed by atoms with van der Waals surface area (Å²) in [7, 11) is 0. The number of benzene rings is 3. The van der Waals surface area contributed by atoms with Crippen LogP contribution in [0.3, 0.4) is 0 Å². The minimum absolute atomic E-state index is 0.0809. The zero-order chi connectivity index (χ0) is 13.8. The predicted molar refractivity (Wildman–Crippen MR) is 86.1 cm³/mol. The Labute approximate surface area is 123 Å². The van der Waals surface area contributed by atoms with E-state index in [1.165, 1.54) is 15.7 Å². The van der Waals surface area contributed by atoms with Gasteiger partial charge in [-0.3, -0.25) is 0 Å². The molecule has 0 aliphatic carbocycles. The molecule has 20 heavy (non-hydrogen) atoms. The topological polar surface area (TPSA) is 20.2 Å². The van der Waals surface area contributed by atoms with Crippen LogP contribution in [0.1, 0.15) is 10.8 Å². The van der Waals surface area contributed by atoms with Gasteiger partial charge in [-0.25, -0.2) is 0 Å². The van der Waals surface area contributed by atoms with Crippen molar-refractivity contribution in [2.24, 2.45) is 0 Å². The molecule has 0 saturated carbocycles. The van der Waals surface area contributed by atoms with Gasteiger partial charge in [0, 0.05) is 4.90 Å². The quantitative estimate of drug-likeness (QED) is 0.701. The number of aliphatic hydroxyl groups excluding tert-OH is 1. The summed E-state index contributed by atoms with van der Waals surface area (Å²) in [6.07, 6.45) is 0. The summed E-state index contributed by atoms with van der Waals surface area (Å²) < 4.78 is 0. The molecule has 0 aliphatic rings. The van der Waals surface area contributed by atoms with Gasteiger partial charge < -0.3 is 5.11 Å². The van der Waals surface area contributed by atoms with Crippen molar-refractivity contribution in [3.63, 3.8) is 0 Å².